The Hall–Kier alpha value is -2.75. The Morgan fingerprint density at radius 1 is 1.21 bits per heavy atom. The molecule has 2 heterocycles. The van der Waals surface area contributed by atoms with Gasteiger partial charge in [0.2, 0.25) is 11.8 Å². The number of nitrogens with one attached hydrogen (secondary N) is 2. The van der Waals surface area contributed by atoms with Crippen LogP contribution >= 0.6 is 0 Å². The molecule has 2 aliphatic heterocycles. The number of benzene rings is 1. The van der Waals surface area contributed by atoms with Crippen molar-refractivity contribution in [3.8, 4) is 0 Å². The van der Waals surface area contributed by atoms with Crippen LogP contribution < -0.4 is 10.6 Å². The van der Waals surface area contributed by atoms with Crippen molar-refractivity contribution in [3.63, 3.8) is 0 Å². The Morgan fingerprint density at radius 2 is 1.89 bits per heavy atom. The average molecular weight is 537 g/mol. The van der Waals surface area contributed by atoms with Gasteiger partial charge in [-0.3, -0.25) is 9.59 Å². The van der Waals surface area contributed by atoms with E-state index < -0.39 is 35.3 Å². The van der Waals surface area contributed by atoms with Gasteiger partial charge in [0.05, 0.1) is 12.0 Å². The molecule has 3 rings (SSSR count). The summed E-state index contributed by atoms with van der Waals surface area (Å²) < 4.78 is 33.6. The van der Waals surface area contributed by atoms with E-state index in [9.17, 15) is 23.2 Å². The van der Waals surface area contributed by atoms with E-state index in [4.69, 9.17) is 4.74 Å². The van der Waals surface area contributed by atoms with Crippen LogP contribution in [-0.2, 0) is 20.7 Å². The van der Waals surface area contributed by atoms with E-state index in [0.717, 1.165) is 18.9 Å². The predicted octanol–water partition coefficient (Wildman–Crippen LogP) is 3.49. The molecular formula is C28H42F2N4O4. The predicted molar refractivity (Wildman–Crippen MR) is 140 cm³/mol. The molecule has 4 atom stereocenters. The average Bonchev–Trinajstić information content (AvgIpc) is 3.20. The Morgan fingerprint density at radius 3 is 2.53 bits per heavy atom. The summed E-state index contributed by atoms with van der Waals surface area (Å²) in [6.07, 6.45) is 1.69. The highest BCUT2D eigenvalue weighted by molar-refractivity contribution is 5.89. The second kappa shape index (κ2) is 12.9. The zero-order valence-corrected chi connectivity index (χ0v) is 23.2. The molecule has 212 valence electrons. The van der Waals surface area contributed by atoms with Crippen molar-refractivity contribution in [3.05, 3.63) is 35.4 Å². The largest absolute Gasteiger partial charge is 0.444 e. The number of likely N-dealkylation sites (tertiary alicyclic amines) is 1. The van der Waals surface area contributed by atoms with Gasteiger partial charge in [-0.05, 0) is 57.2 Å². The fraction of sp³-hybridized carbons (Fsp3) is 0.679. The Labute approximate surface area is 224 Å². The van der Waals surface area contributed by atoms with Gasteiger partial charge in [0.1, 0.15) is 17.2 Å². The van der Waals surface area contributed by atoms with Crippen LogP contribution in [-0.4, -0.2) is 78.1 Å². The Bertz CT molecular complexity index is 979. The summed E-state index contributed by atoms with van der Waals surface area (Å²) in [6.45, 7) is 11.9. The molecule has 1 aromatic rings. The molecule has 38 heavy (non-hydrogen) atoms. The monoisotopic (exact) mass is 536 g/mol. The molecular weight excluding hydrogens is 494 g/mol. The molecule has 2 aliphatic rings. The quantitative estimate of drug-likeness (QED) is 0.504. The van der Waals surface area contributed by atoms with Crippen LogP contribution in [0.3, 0.4) is 0 Å². The maximum absolute atomic E-state index is 14.0. The third kappa shape index (κ3) is 8.12. The van der Waals surface area contributed by atoms with Crippen molar-refractivity contribution >= 4 is 17.9 Å². The van der Waals surface area contributed by atoms with Crippen molar-refractivity contribution in [2.45, 2.75) is 78.0 Å². The standard InChI is InChI=1S/C28H42F2N4O4/c1-6-7-9-33-17-20(14-25(33)35)26(36)32-23(13-19-11-21(29)15-22(30)12-19)18(2)24-16-31-8-10-34(24)27(37)38-28(3,4)5/h11-12,15,18,20,23-24,31H,6-10,13-14,16-17H2,1-5H3,(H,32,36)/t18-,20-,23?,24+/m0/s1. The molecule has 10 heteroatoms. The van der Waals surface area contributed by atoms with Crippen LogP contribution in [0.15, 0.2) is 18.2 Å². The first-order chi connectivity index (χ1) is 17.9. The van der Waals surface area contributed by atoms with Gasteiger partial charge in [0.25, 0.3) is 0 Å². The maximum Gasteiger partial charge on any atom is 0.410 e. The molecule has 2 N–H and O–H groups in total. The van der Waals surface area contributed by atoms with Crippen LogP contribution in [0.2, 0.25) is 0 Å². The molecule has 0 bridgehead atoms. The molecule has 8 nitrogen and oxygen atoms in total. The van der Waals surface area contributed by atoms with E-state index in [1.54, 1.807) is 30.6 Å². The molecule has 2 fully saturated rings. The van der Waals surface area contributed by atoms with Gasteiger partial charge in [0, 0.05) is 51.3 Å². The summed E-state index contributed by atoms with van der Waals surface area (Å²) in [5, 5.41) is 6.39. The molecule has 0 aliphatic carbocycles. The van der Waals surface area contributed by atoms with Crippen molar-refractivity contribution in [1.82, 2.24) is 20.4 Å². The Kier molecular flexibility index (Phi) is 10.1. The minimum atomic E-state index is -0.694. The number of hydrogen-bond donors (Lipinski definition) is 2. The van der Waals surface area contributed by atoms with Crippen LogP contribution in [0.5, 0.6) is 0 Å². The second-order valence-corrected chi connectivity index (χ2v) is 11.5. The number of unbranched alkanes of at least 4 members (excludes halogenated alkanes) is 1. The van der Waals surface area contributed by atoms with Crippen LogP contribution in [0, 0.1) is 23.5 Å². The summed E-state index contributed by atoms with van der Waals surface area (Å²) in [4.78, 5) is 42.3. The van der Waals surface area contributed by atoms with Crippen LogP contribution in [0.4, 0.5) is 13.6 Å². The van der Waals surface area contributed by atoms with Crippen LogP contribution in [0.25, 0.3) is 0 Å². The number of piperazine rings is 1. The summed E-state index contributed by atoms with van der Waals surface area (Å²) in [6, 6.07) is 2.45. The molecule has 3 amide bonds. The lowest BCUT2D eigenvalue weighted by Crippen LogP contribution is -2.60. The Balaban J connectivity index is 1.82. The van der Waals surface area contributed by atoms with Gasteiger partial charge in [-0.25, -0.2) is 13.6 Å². The first kappa shape index (κ1) is 29.8. The molecule has 1 unspecified atom stereocenters. The minimum absolute atomic E-state index is 0.0389. The lowest BCUT2D eigenvalue weighted by atomic mass is 9.86. The highest BCUT2D eigenvalue weighted by Crippen LogP contribution is 2.25. The van der Waals surface area contributed by atoms with Gasteiger partial charge in [0.15, 0.2) is 0 Å². The fourth-order valence-corrected chi connectivity index (χ4v) is 5.18. The third-order valence-electron chi connectivity index (χ3n) is 7.23. The topological polar surface area (TPSA) is 91.0 Å². The zero-order valence-electron chi connectivity index (χ0n) is 23.2. The molecule has 0 saturated carbocycles. The van der Waals surface area contributed by atoms with E-state index in [1.165, 1.54) is 12.1 Å². The highest BCUT2D eigenvalue weighted by Gasteiger charge is 2.39. The SMILES string of the molecule is CCCCN1C[C@@H](C(=O)NC(Cc2cc(F)cc(F)c2)[C@H](C)[C@H]2CNCCN2C(=O)OC(C)(C)C)CC1=O. The van der Waals surface area contributed by atoms with Crippen LogP contribution in [0.1, 0.15) is 59.4 Å². The van der Waals surface area contributed by atoms with Crippen molar-refractivity contribution in [2.24, 2.45) is 11.8 Å². The van der Waals surface area contributed by atoms with E-state index in [0.29, 0.717) is 38.3 Å². The zero-order chi connectivity index (χ0) is 28.0. The number of ether oxygens (including phenoxy) is 1. The molecule has 0 aromatic heterocycles. The van der Waals surface area contributed by atoms with Gasteiger partial charge in [-0.15, -0.1) is 0 Å². The van der Waals surface area contributed by atoms with Gasteiger partial charge in [-0.2, -0.15) is 0 Å². The molecule has 0 radical (unpaired) electrons. The lowest BCUT2D eigenvalue weighted by molar-refractivity contribution is -0.129. The molecule has 0 spiro atoms. The first-order valence-corrected chi connectivity index (χ1v) is 13.6. The summed E-state index contributed by atoms with van der Waals surface area (Å²) in [5.74, 6) is -2.48. The second-order valence-electron chi connectivity index (χ2n) is 11.5. The summed E-state index contributed by atoms with van der Waals surface area (Å²) in [5.41, 5.74) is -0.263. The van der Waals surface area contributed by atoms with Crippen molar-refractivity contribution in [1.29, 1.82) is 0 Å². The minimum Gasteiger partial charge on any atom is -0.444 e. The number of rotatable bonds is 9. The van der Waals surface area contributed by atoms with Crippen molar-refractivity contribution in [2.75, 3.05) is 32.7 Å². The third-order valence-corrected chi connectivity index (χ3v) is 7.23. The lowest BCUT2D eigenvalue weighted by Gasteiger charge is -2.42. The fourth-order valence-electron chi connectivity index (χ4n) is 5.18. The van der Waals surface area contributed by atoms with E-state index in [1.807, 2.05) is 13.8 Å². The van der Waals surface area contributed by atoms with E-state index in [2.05, 4.69) is 10.6 Å². The normalized spacial score (nSPS) is 21.8. The van der Waals surface area contributed by atoms with E-state index in [-0.39, 0.29) is 36.6 Å². The highest BCUT2D eigenvalue weighted by atomic mass is 19.1. The molecule has 2 saturated heterocycles. The van der Waals surface area contributed by atoms with E-state index >= 15 is 0 Å². The van der Waals surface area contributed by atoms with Gasteiger partial charge < -0.3 is 25.2 Å². The van der Waals surface area contributed by atoms with Crippen molar-refractivity contribution < 1.29 is 27.9 Å². The maximum atomic E-state index is 14.0. The summed E-state index contributed by atoms with van der Waals surface area (Å²) in [7, 11) is 0. The summed E-state index contributed by atoms with van der Waals surface area (Å²) >= 11 is 0. The number of hydrogen-bond acceptors (Lipinski definition) is 5. The van der Waals surface area contributed by atoms with Gasteiger partial charge in [-0.1, -0.05) is 20.3 Å². The number of carbonyl (C=O) groups is 3. The molecule has 1 aromatic carbocycles. The van der Waals surface area contributed by atoms with Gasteiger partial charge >= 0.3 is 6.09 Å². The number of carbonyl (C=O) groups excluding carboxylic acids is 3. The number of amides is 3. The first-order valence-electron chi connectivity index (χ1n) is 13.6. The smallest absolute Gasteiger partial charge is 0.410 e. The number of nitrogens with zero attached hydrogens (tertiary/aromatic N) is 2. The number of halogens is 2.